The van der Waals surface area contributed by atoms with Crippen molar-refractivity contribution in [1.82, 2.24) is 0 Å². The van der Waals surface area contributed by atoms with Crippen LogP contribution in [0.3, 0.4) is 0 Å². The smallest absolute Gasteiger partial charge is 0.00455 e. The molecule has 2 fully saturated rings. The van der Waals surface area contributed by atoms with E-state index in [-0.39, 0.29) is 37.9 Å². The van der Waals surface area contributed by atoms with Crippen molar-refractivity contribution in [3.63, 3.8) is 0 Å². The molecule has 2 aromatic rings. The van der Waals surface area contributed by atoms with E-state index in [0.717, 1.165) is 6.42 Å². The van der Waals surface area contributed by atoms with Crippen LogP contribution in [0.15, 0.2) is 139 Å². The van der Waals surface area contributed by atoms with Gasteiger partial charge in [0.25, 0.3) is 0 Å². The predicted octanol–water partition coefficient (Wildman–Crippen LogP) is 14.0. The molecule has 0 nitrogen and oxygen atoms in total. The minimum Gasteiger partial charge on any atom is -0.314 e. The van der Waals surface area contributed by atoms with Crippen LogP contribution in [0.4, 0.5) is 0 Å². The fraction of sp³-hybridized carbons (Fsp3) is 0.434. The third-order valence-corrected chi connectivity index (χ3v) is 17.8. The Hall–Kier alpha value is -2.89. The summed E-state index contributed by atoms with van der Waals surface area (Å²) in [5, 5.41) is 0. The van der Waals surface area contributed by atoms with Gasteiger partial charge in [0.1, 0.15) is 0 Å². The number of benzene rings is 2. The number of hydrogen-bond acceptors (Lipinski definition) is 0. The summed E-state index contributed by atoms with van der Waals surface area (Å²) in [6.45, 7) is 29.3. The van der Waals surface area contributed by atoms with Crippen molar-refractivity contribution in [1.29, 1.82) is 0 Å². The average molecular weight is 792 g/mol. The monoisotopic (exact) mass is 790 g/mol. The van der Waals surface area contributed by atoms with Crippen LogP contribution in [0.2, 0.25) is 0 Å². The van der Waals surface area contributed by atoms with E-state index in [0.29, 0.717) is 17.8 Å². The third kappa shape index (κ3) is 5.63. The van der Waals surface area contributed by atoms with Crippen molar-refractivity contribution in [3.8, 4) is 0 Å². The van der Waals surface area contributed by atoms with Gasteiger partial charge in [-0.15, -0.1) is 23.8 Å². The van der Waals surface area contributed by atoms with Crippen molar-refractivity contribution in [2.45, 2.75) is 101 Å². The first-order chi connectivity index (χ1) is 25.4. The Morgan fingerprint density at radius 3 is 1.54 bits per heavy atom. The van der Waals surface area contributed by atoms with E-state index < -0.39 is 0 Å². The molecule has 0 N–H and O–H groups in total. The molecule has 0 heterocycles. The molecule has 280 valence electrons. The Kier molecular flexibility index (Phi) is 11.0. The van der Waals surface area contributed by atoms with E-state index in [9.17, 15) is 0 Å². The third-order valence-electron chi connectivity index (χ3n) is 16.4. The van der Waals surface area contributed by atoms with Crippen LogP contribution in [0.1, 0.15) is 124 Å². The van der Waals surface area contributed by atoms with Crippen LogP contribution in [0.25, 0.3) is 0 Å². The standard InChI is InChI=1S/C29H37.C19H22.C5H5.Zr/c1-21-14-13-15-22-20-27(6)25(4)18-10-9-16-23(25,2)24(3)17-11-12-19-26(24,5)29(27,8)28(21,22)7;1-14(2)18-9-5-16(6-10-18)13-17-7-11-19(12-8-17)15(3)4;1-2-4-5-3-1;/h9-20,22H,1-8H3;5-12,14-15H,1-4H3;1-3H,4H2;/q-1;;-1;+2. The molecule has 0 aromatic heterocycles. The summed E-state index contributed by atoms with van der Waals surface area (Å²) in [5.41, 5.74) is 7.26. The average Bonchev–Trinajstić information content (AvgIpc) is 3.81. The molecule has 2 saturated carbocycles. The van der Waals surface area contributed by atoms with E-state index in [1.54, 1.807) is 0 Å². The van der Waals surface area contributed by atoms with Gasteiger partial charge in [-0.1, -0.05) is 115 Å². The maximum atomic E-state index is 2.99. The summed E-state index contributed by atoms with van der Waals surface area (Å²) in [7, 11) is 0. The van der Waals surface area contributed by atoms with E-state index in [1.807, 2.05) is 12.2 Å². The molecule has 6 aliphatic carbocycles. The molecular weight excluding hydrogens is 728 g/mol. The number of allylic oxidation sites excluding steroid dienone is 16. The first kappa shape index (κ1) is 40.8. The van der Waals surface area contributed by atoms with Gasteiger partial charge in [-0.3, -0.25) is 6.08 Å². The van der Waals surface area contributed by atoms with Crippen molar-refractivity contribution >= 4 is 3.21 Å². The fourth-order valence-electron chi connectivity index (χ4n) is 11.8. The zero-order chi connectivity index (χ0) is 39.4. The van der Waals surface area contributed by atoms with Crippen molar-refractivity contribution in [2.75, 3.05) is 0 Å². The molecule has 6 aliphatic rings. The van der Waals surface area contributed by atoms with Crippen molar-refractivity contribution in [3.05, 3.63) is 174 Å². The Bertz CT molecular complexity index is 1930. The maximum Gasteiger partial charge on any atom is 0.00455 e. The van der Waals surface area contributed by atoms with E-state index >= 15 is 0 Å². The second-order valence-corrected chi connectivity index (χ2v) is 19.9. The molecule has 8 rings (SSSR count). The van der Waals surface area contributed by atoms with Crippen LogP contribution in [-0.2, 0) is 24.2 Å². The van der Waals surface area contributed by atoms with Gasteiger partial charge in [0.2, 0.25) is 0 Å². The largest absolute Gasteiger partial charge is 0.314 e. The SMILES string of the molecule is CC(C)c1ccc([C](=[Zr+2])c2ccc(C(C)C)cc2)cc1.CC1=CC=CC2[CH-]C3(C)C4(C)C=CC=CC4(C)C4(C)C=CC=CC4(C)C3(C)C12C.[C-]1=CC=CC1. The van der Waals surface area contributed by atoms with Crippen LogP contribution < -0.4 is 0 Å². The molecule has 0 aliphatic heterocycles. The van der Waals surface area contributed by atoms with Crippen molar-refractivity contribution in [2.24, 2.45) is 43.8 Å². The van der Waals surface area contributed by atoms with E-state index in [4.69, 9.17) is 0 Å². The van der Waals surface area contributed by atoms with Gasteiger partial charge in [-0.2, -0.15) is 6.08 Å². The number of hydrogen-bond donors (Lipinski definition) is 0. The molecule has 0 radical (unpaired) electrons. The molecule has 54 heavy (non-hydrogen) atoms. The molecule has 1 heteroatoms. The molecule has 2 aromatic carbocycles. The van der Waals surface area contributed by atoms with Crippen LogP contribution in [0, 0.1) is 56.3 Å². The summed E-state index contributed by atoms with van der Waals surface area (Å²) in [5.74, 6) is 1.66. The minimum absolute atomic E-state index is 0.00615. The van der Waals surface area contributed by atoms with Gasteiger partial charge in [0.05, 0.1) is 0 Å². The topological polar surface area (TPSA) is 0 Å². The number of fused-ring (bicyclic) bond motifs is 8. The fourth-order valence-corrected chi connectivity index (χ4v) is 12.6. The summed E-state index contributed by atoms with van der Waals surface area (Å²) in [6.07, 6.45) is 39.3. The van der Waals surface area contributed by atoms with Crippen LogP contribution in [0.5, 0.6) is 0 Å². The number of rotatable bonds is 4. The summed E-state index contributed by atoms with van der Waals surface area (Å²) in [6, 6.07) is 18.1. The summed E-state index contributed by atoms with van der Waals surface area (Å²) >= 11 is 1.47. The van der Waals surface area contributed by atoms with Crippen molar-refractivity contribution < 1.29 is 24.2 Å². The zero-order valence-electron chi connectivity index (χ0n) is 35.2. The van der Waals surface area contributed by atoms with Gasteiger partial charge in [0.15, 0.2) is 0 Å². The Labute approximate surface area is 344 Å². The normalized spacial score (nSPS) is 37.5. The molecule has 0 amide bonds. The molecule has 0 spiro atoms. The zero-order valence-corrected chi connectivity index (χ0v) is 37.7. The summed E-state index contributed by atoms with van der Waals surface area (Å²) in [4.78, 5) is 0. The van der Waals surface area contributed by atoms with Crippen LogP contribution >= 0.6 is 0 Å². The summed E-state index contributed by atoms with van der Waals surface area (Å²) < 4.78 is 1.43. The minimum atomic E-state index is 0.00615. The Balaban J connectivity index is 0.000000172. The Morgan fingerprint density at radius 2 is 1.11 bits per heavy atom. The van der Waals surface area contributed by atoms with Gasteiger partial charge >= 0.3 is 138 Å². The van der Waals surface area contributed by atoms with E-state index in [1.165, 1.54) is 55.3 Å². The van der Waals surface area contributed by atoms with Crippen LogP contribution in [-0.4, -0.2) is 3.21 Å². The second-order valence-electron chi connectivity index (χ2n) is 18.6. The first-order valence-corrected chi connectivity index (χ1v) is 21.6. The first-order valence-electron chi connectivity index (χ1n) is 20.4. The Morgan fingerprint density at radius 1 is 0.648 bits per heavy atom. The second kappa shape index (κ2) is 14.6. The maximum absolute atomic E-state index is 2.99. The van der Waals surface area contributed by atoms with E-state index in [2.05, 4.69) is 217 Å². The molecule has 8 atom stereocenters. The van der Waals surface area contributed by atoms with Gasteiger partial charge in [-0.05, 0) is 28.6 Å². The van der Waals surface area contributed by atoms with Gasteiger partial charge in [0, 0.05) is 10.8 Å². The molecule has 0 bridgehead atoms. The molecular formula is C53H64Zr. The molecule has 8 unspecified atom stereocenters. The predicted molar refractivity (Wildman–Crippen MR) is 230 cm³/mol. The van der Waals surface area contributed by atoms with Gasteiger partial charge in [-0.25, -0.2) is 12.2 Å². The van der Waals surface area contributed by atoms with Gasteiger partial charge < -0.3 is 6.42 Å². The quantitative estimate of drug-likeness (QED) is 0.271. The molecule has 0 saturated heterocycles.